The van der Waals surface area contributed by atoms with Crippen LogP contribution in [0.25, 0.3) is 0 Å². The number of rotatable bonds is 9. The van der Waals surface area contributed by atoms with Gasteiger partial charge in [-0.3, -0.25) is 9.59 Å². The summed E-state index contributed by atoms with van der Waals surface area (Å²) in [6.07, 6.45) is 0.0000709. The number of aliphatic carboxylic acids is 1. The van der Waals surface area contributed by atoms with Gasteiger partial charge in [-0.15, -0.1) is 0 Å². The van der Waals surface area contributed by atoms with E-state index in [9.17, 15) is 9.59 Å². The van der Waals surface area contributed by atoms with E-state index in [1.807, 2.05) is 0 Å². The van der Waals surface area contributed by atoms with Crippen LogP contribution in [0.4, 0.5) is 0 Å². The van der Waals surface area contributed by atoms with E-state index in [-0.39, 0.29) is 18.9 Å². The van der Waals surface area contributed by atoms with E-state index in [4.69, 9.17) is 9.84 Å². The summed E-state index contributed by atoms with van der Waals surface area (Å²) in [4.78, 5) is 22.7. The molecule has 6 heteroatoms. The molecule has 0 aliphatic carbocycles. The molecule has 0 aliphatic heterocycles. The Balaban J connectivity index is 0. The second-order valence-corrected chi connectivity index (χ2v) is 3.86. The Morgan fingerprint density at radius 2 is 1.63 bits per heavy atom. The van der Waals surface area contributed by atoms with Crippen molar-refractivity contribution in [3.63, 3.8) is 0 Å². The Kier molecular flexibility index (Phi) is 15.8. The van der Waals surface area contributed by atoms with E-state index in [1.54, 1.807) is 0 Å². The topological polar surface area (TPSA) is 78.9 Å². The van der Waals surface area contributed by atoms with Crippen molar-refractivity contribution >= 4 is 11.9 Å². The number of carboxylic acids is 1. The number of ether oxygens (including phenoxy) is 1. The third kappa shape index (κ3) is 19.4. The zero-order chi connectivity index (χ0) is 15.1. The summed E-state index contributed by atoms with van der Waals surface area (Å²) in [6.45, 7) is 12.5. The maximum Gasteiger partial charge on any atom is 0.305 e. The normalized spacial score (nSPS) is 9.74. The summed E-state index contributed by atoms with van der Waals surface area (Å²) in [7, 11) is 0. The number of nitrogens with zero attached hydrogens (tertiary/aromatic N) is 1. The zero-order valence-electron chi connectivity index (χ0n) is 12.6. The van der Waals surface area contributed by atoms with Gasteiger partial charge in [0.1, 0.15) is 0 Å². The van der Waals surface area contributed by atoms with Crippen molar-refractivity contribution in [3.05, 3.63) is 0 Å². The van der Waals surface area contributed by atoms with Crippen molar-refractivity contribution < 1.29 is 19.4 Å². The Morgan fingerprint density at radius 3 is 1.95 bits per heavy atom. The monoisotopic (exact) mass is 276 g/mol. The standard InChI is InChI=1S/C7H13NO4.C6H15N/c1-6(9)8-3-5-12-4-2-7(10)11;1-4-7(5-2)6-3/h2-5H2,1H3,(H,8,9)(H,10,11);4-6H2,1-3H3. The summed E-state index contributed by atoms with van der Waals surface area (Å²) < 4.78 is 4.90. The maximum absolute atomic E-state index is 10.3. The van der Waals surface area contributed by atoms with Crippen LogP contribution in [0.2, 0.25) is 0 Å². The van der Waals surface area contributed by atoms with E-state index >= 15 is 0 Å². The molecule has 0 saturated carbocycles. The minimum Gasteiger partial charge on any atom is -0.481 e. The van der Waals surface area contributed by atoms with Crippen LogP contribution in [0.3, 0.4) is 0 Å². The van der Waals surface area contributed by atoms with Gasteiger partial charge >= 0.3 is 5.97 Å². The molecule has 114 valence electrons. The van der Waals surface area contributed by atoms with Crippen molar-refractivity contribution in [1.29, 1.82) is 0 Å². The van der Waals surface area contributed by atoms with Crippen molar-refractivity contribution in [2.24, 2.45) is 0 Å². The highest BCUT2D eigenvalue weighted by Gasteiger charge is 1.95. The van der Waals surface area contributed by atoms with Crippen LogP contribution < -0.4 is 5.32 Å². The highest BCUT2D eigenvalue weighted by Crippen LogP contribution is 1.82. The molecule has 0 aromatic heterocycles. The molecule has 0 spiro atoms. The van der Waals surface area contributed by atoms with E-state index in [2.05, 4.69) is 31.0 Å². The van der Waals surface area contributed by atoms with Crippen LogP contribution in [0.15, 0.2) is 0 Å². The molecular formula is C13H28N2O4. The molecule has 0 saturated heterocycles. The number of carboxylic acid groups (broad SMARTS) is 1. The molecule has 0 heterocycles. The highest BCUT2D eigenvalue weighted by molar-refractivity contribution is 5.72. The average molecular weight is 276 g/mol. The molecule has 0 aliphatic rings. The lowest BCUT2D eigenvalue weighted by Gasteiger charge is -2.13. The summed E-state index contributed by atoms with van der Waals surface area (Å²) in [6, 6.07) is 0. The van der Waals surface area contributed by atoms with E-state index in [0.29, 0.717) is 13.2 Å². The second-order valence-electron chi connectivity index (χ2n) is 3.86. The lowest BCUT2D eigenvalue weighted by molar-refractivity contribution is -0.138. The second kappa shape index (κ2) is 14.9. The third-order valence-electron chi connectivity index (χ3n) is 2.42. The number of hydrogen-bond acceptors (Lipinski definition) is 4. The first kappa shape index (κ1) is 20.2. The molecule has 0 unspecified atom stereocenters. The Bertz CT molecular complexity index is 207. The van der Waals surface area contributed by atoms with Gasteiger partial charge in [-0.25, -0.2) is 0 Å². The predicted molar refractivity (Wildman–Crippen MR) is 75.2 cm³/mol. The minimum atomic E-state index is -0.880. The predicted octanol–water partition coefficient (Wildman–Crippen LogP) is 0.962. The minimum absolute atomic E-state index is 0.0000709. The van der Waals surface area contributed by atoms with E-state index < -0.39 is 5.97 Å². The fourth-order valence-corrected chi connectivity index (χ4v) is 1.23. The van der Waals surface area contributed by atoms with Gasteiger partial charge in [0.05, 0.1) is 19.6 Å². The lowest BCUT2D eigenvalue weighted by atomic mass is 10.5. The van der Waals surface area contributed by atoms with Gasteiger partial charge in [-0.05, 0) is 19.6 Å². The van der Waals surface area contributed by atoms with E-state index in [1.165, 1.54) is 26.6 Å². The molecule has 0 fully saturated rings. The van der Waals surface area contributed by atoms with Crippen molar-refractivity contribution in [1.82, 2.24) is 10.2 Å². The SMILES string of the molecule is CC(=O)NCCOCCC(=O)O.CCN(CC)CC. The molecular weight excluding hydrogens is 248 g/mol. The van der Waals surface area contributed by atoms with Crippen LogP contribution in [0, 0.1) is 0 Å². The number of carbonyl (C=O) groups excluding carboxylic acids is 1. The van der Waals surface area contributed by atoms with Gasteiger partial charge < -0.3 is 20.1 Å². The fraction of sp³-hybridized carbons (Fsp3) is 0.846. The third-order valence-corrected chi connectivity index (χ3v) is 2.42. The number of nitrogens with one attached hydrogen (secondary N) is 1. The summed E-state index contributed by atoms with van der Waals surface area (Å²) >= 11 is 0. The molecule has 19 heavy (non-hydrogen) atoms. The fourth-order valence-electron chi connectivity index (χ4n) is 1.23. The van der Waals surface area contributed by atoms with Crippen molar-refractivity contribution in [2.75, 3.05) is 39.4 Å². The number of hydrogen-bond donors (Lipinski definition) is 2. The average Bonchev–Trinajstić information content (AvgIpc) is 2.36. The van der Waals surface area contributed by atoms with Crippen molar-refractivity contribution in [2.45, 2.75) is 34.1 Å². The van der Waals surface area contributed by atoms with Gasteiger partial charge in [-0.2, -0.15) is 0 Å². The lowest BCUT2D eigenvalue weighted by Crippen LogP contribution is -2.24. The molecule has 6 nitrogen and oxygen atoms in total. The molecule has 0 aromatic carbocycles. The molecule has 0 rings (SSSR count). The highest BCUT2D eigenvalue weighted by atomic mass is 16.5. The largest absolute Gasteiger partial charge is 0.481 e. The smallest absolute Gasteiger partial charge is 0.305 e. The van der Waals surface area contributed by atoms with Gasteiger partial charge in [0, 0.05) is 13.5 Å². The molecule has 0 atom stereocenters. The Labute approximate surface area is 116 Å². The van der Waals surface area contributed by atoms with Crippen LogP contribution >= 0.6 is 0 Å². The molecule has 1 amide bonds. The zero-order valence-corrected chi connectivity index (χ0v) is 12.6. The Morgan fingerprint density at radius 1 is 1.11 bits per heavy atom. The molecule has 0 bridgehead atoms. The van der Waals surface area contributed by atoms with Crippen molar-refractivity contribution in [3.8, 4) is 0 Å². The number of amides is 1. The molecule has 0 radical (unpaired) electrons. The first-order valence-corrected chi connectivity index (χ1v) is 6.74. The van der Waals surface area contributed by atoms with Crippen LogP contribution in [0.1, 0.15) is 34.1 Å². The maximum atomic E-state index is 10.3. The first-order valence-electron chi connectivity index (χ1n) is 6.74. The van der Waals surface area contributed by atoms with E-state index in [0.717, 1.165) is 0 Å². The Hall–Kier alpha value is -1.14. The first-order chi connectivity index (χ1) is 8.97. The van der Waals surface area contributed by atoms with Gasteiger partial charge in [0.25, 0.3) is 0 Å². The van der Waals surface area contributed by atoms with Gasteiger partial charge in [-0.1, -0.05) is 20.8 Å². The van der Waals surface area contributed by atoms with Crippen LogP contribution in [-0.2, 0) is 14.3 Å². The summed E-state index contributed by atoms with van der Waals surface area (Å²) in [5, 5.41) is 10.7. The molecule has 2 N–H and O–H groups in total. The summed E-state index contributed by atoms with van der Waals surface area (Å²) in [5.74, 6) is -0.994. The van der Waals surface area contributed by atoms with Crippen LogP contribution in [-0.4, -0.2) is 61.3 Å². The summed E-state index contributed by atoms with van der Waals surface area (Å²) in [5.41, 5.74) is 0. The quantitative estimate of drug-likeness (QED) is 0.613. The van der Waals surface area contributed by atoms with Crippen LogP contribution in [0.5, 0.6) is 0 Å². The van der Waals surface area contributed by atoms with Gasteiger partial charge in [0.2, 0.25) is 5.91 Å². The number of carbonyl (C=O) groups is 2. The molecule has 0 aromatic rings. The van der Waals surface area contributed by atoms with Gasteiger partial charge in [0.15, 0.2) is 0 Å².